The molecule has 0 radical (unpaired) electrons. The summed E-state index contributed by atoms with van der Waals surface area (Å²) in [6, 6.07) is 0. The lowest BCUT2D eigenvalue weighted by atomic mass is 9.75. The van der Waals surface area contributed by atoms with Crippen LogP contribution in [0.3, 0.4) is 0 Å². The van der Waals surface area contributed by atoms with Gasteiger partial charge in [-0.25, -0.2) is 0 Å². The van der Waals surface area contributed by atoms with Gasteiger partial charge in [-0.3, -0.25) is 0 Å². The molecule has 0 aromatic rings. The Balaban J connectivity index is 3.78. The molecule has 0 N–H and O–H groups in total. The highest BCUT2D eigenvalue weighted by atomic mass is 14.3. The van der Waals surface area contributed by atoms with Gasteiger partial charge in [-0.1, -0.05) is 54.4 Å². The van der Waals surface area contributed by atoms with E-state index in [1.165, 1.54) is 19.3 Å². The molecule has 0 aliphatic carbocycles. The molecule has 74 valence electrons. The van der Waals surface area contributed by atoms with Gasteiger partial charge in [-0.15, -0.1) is 0 Å². The van der Waals surface area contributed by atoms with E-state index in [1.807, 2.05) is 0 Å². The summed E-state index contributed by atoms with van der Waals surface area (Å²) < 4.78 is 0. The van der Waals surface area contributed by atoms with Gasteiger partial charge in [0, 0.05) is 0 Å². The molecule has 0 rings (SSSR count). The monoisotopic (exact) mass is 170 g/mol. The highest BCUT2D eigenvalue weighted by Gasteiger charge is 2.23. The fourth-order valence-corrected chi connectivity index (χ4v) is 1.32. The minimum absolute atomic E-state index is 0.537. The van der Waals surface area contributed by atoms with E-state index in [4.69, 9.17) is 0 Å². The third kappa shape index (κ3) is 4.13. The summed E-state index contributed by atoms with van der Waals surface area (Å²) in [4.78, 5) is 0. The molecule has 0 fully saturated rings. The van der Waals surface area contributed by atoms with E-state index in [9.17, 15) is 0 Å². The number of hydrogen-bond donors (Lipinski definition) is 0. The average Bonchev–Trinajstić information content (AvgIpc) is 2.00. The molecule has 0 saturated carbocycles. The normalized spacial score (nSPS) is 15.2. The van der Waals surface area contributed by atoms with Crippen LogP contribution in [0.15, 0.2) is 0 Å². The molecule has 0 saturated heterocycles. The van der Waals surface area contributed by atoms with E-state index in [0.29, 0.717) is 5.41 Å². The van der Waals surface area contributed by atoms with Crippen molar-refractivity contribution >= 4 is 0 Å². The summed E-state index contributed by atoms with van der Waals surface area (Å²) in [5, 5.41) is 0. The molecule has 0 aliphatic heterocycles. The summed E-state index contributed by atoms with van der Waals surface area (Å²) in [7, 11) is 0. The van der Waals surface area contributed by atoms with Crippen molar-refractivity contribution < 1.29 is 0 Å². The summed E-state index contributed by atoms with van der Waals surface area (Å²) in [6.45, 7) is 14.1. The Labute approximate surface area is 78.8 Å². The van der Waals surface area contributed by atoms with Crippen LogP contribution in [0.4, 0.5) is 0 Å². The first-order chi connectivity index (χ1) is 5.40. The van der Waals surface area contributed by atoms with Crippen LogP contribution in [0.25, 0.3) is 0 Å². The SMILES string of the molecule is CCC(C)(C)C(C)CCC(C)C. The first-order valence-electron chi connectivity index (χ1n) is 5.40. The van der Waals surface area contributed by atoms with Gasteiger partial charge in [0.25, 0.3) is 0 Å². The summed E-state index contributed by atoms with van der Waals surface area (Å²) in [5.74, 6) is 1.73. The highest BCUT2D eigenvalue weighted by Crippen LogP contribution is 2.33. The molecular weight excluding hydrogens is 144 g/mol. The predicted molar refractivity (Wildman–Crippen MR) is 57.3 cm³/mol. The van der Waals surface area contributed by atoms with Crippen LogP contribution in [0.1, 0.15) is 60.8 Å². The van der Waals surface area contributed by atoms with Gasteiger partial charge in [0.1, 0.15) is 0 Å². The molecule has 12 heavy (non-hydrogen) atoms. The maximum atomic E-state index is 2.39. The zero-order chi connectivity index (χ0) is 9.78. The molecule has 0 aromatic heterocycles. The molecule has 0 aliphatic rings. The molecular formula is C12H26. The van der Waals surface area contributed by atoms with E-state index < -0.39 is 0 Å². The molecule has 0 amide bonds. The van der Waals surface area contributed by atoms with Crippen LogP contribution in [-0.4, -0.2) is 0 Å². The largest absolute Gasteiger partial charge is 0.0649 e. The van der Waals surface area contributed by atoms with Crippen molar-refractivity contribution in [1.29, 1.82) is 0 Å². The first kappa shape index (κ1) is 12.0. The van der Waals surface area contributed by atoms with Crippen molar-refractivity contribution in [3.8, 4) is 0 Å². The van der Waals surface area contributed by atoms with Crippen molar-refractivity contribution in [2.24, 2.45) is 17.3 Å². The molecule has 1 atom stereocenters. The Morgan fingerprint density at radius 2 is 1.50 bits per heavy atom. The molecule has 0 nitrogen and oxygen atoms in total. The third-order valence-corrected chi connectivity index (χ3v) is 3.42. The van der Waals surface area contributed by atoms with E-state index in [1.54, 1.807) is 0 Å². The molecule has 0 bridgehead atoms. The lowest BCUT2D eigenvalue weighted by Gasteiger charge is -2.31. The number of rotatable bonds is 5. The molecule has 1 unspecified atom stereocenters. The van der Waals surface area contributed by atoms with Crippen LogP contribution in [0, 0.1) is 17.3 Å². The Morgan fingerprint density at radius 1 is 1.00 bits per heavy atom. The Hall–Kier alpha value is 0. The Morgan fingerprint density at radius 3 is 1.83 bits per heavy atom. The summed E-state index contributed by atoms with van der Waals surface area (Å²) >= 11 is 0. The standard InChI is InChI=1S/C12H26/c1-7-12(5,6)11(4)9-8-10(2)3/h10-11H,7-9H2,1-6H3. The van der Waals surface area contributed by atoms with Crippen molar-refractivity contribution in [2.45, 2.75) is 60.8 Å². The highest BCUT2D eigenvalue weighted by molar-refractivity contribution is 4.73. The van der Waals surface area contributed by atoms with E-state index >= 15 is 0 Å². The second kappa shape index (κ2) is 4.89. The molecule has 0 spiro atoms. The van der Waals surface area contributed by atoms with Crippen molar-refractivity contribution in [1.82, 2.24) is 0 Å². The van der Waals surface area contributed by atoms with Gasteiger partial charge in [-0.2, -0.15) is 0 Å². The molecule has 0 heteroatoms. The minimum atomic E-state index is 0.537. The third-order valence-electron chi connectivity index (χ3n) is 3.42. The van der Waals surface area contributed by atoms with Gasteiger partial charge in [0.05, 0.1) is 0 Å². The van der Waals surface area contributed by atoms with Crippen molar-refractivity contribution in [2.75, 3.05) is 0 Å². The Kier molecular flexibility index (Phi) is 4.89. The maximum Gasteiger partial charge on any atom is -0.0331 e. The van der Waals surface area contributed by atoms with Gasteiger partial charge < -0.3 is 0 Å². The van der Waals surface area contributed by atoms with Crippen molar-refractivity contribution in [3.05, 3.63) is 0 Å². The average molecular weight is 170 g/mol. The van der Waals surface area contributed by atoms with E-state index in [-0.39, 0.29) is 0 Å². The van der Waals surface area contributed by atoms with Crippen LogP contribution in [0.2, 0.25) is 0 Å². The van der Waals surface area contributed by atoms with Crippen LogP contribution in [-0.2, 0) is 0 Å². The summed E-state index contributed by atoms with van der Waals surface area (Å²) in [6.07, 6.45) is 4.06. The minimum Gasteiger partial charge on any atom is -0.0649 e. The first-order valence-corrected chi connectivity index (χ1v) is 5.40. The predicted octanol–water partition coefficient (Wildman–Crippen LogP) is 4.49. The fraction of sp³-hybridized carbons (Fsp3) is 1.00. The van der Waals surface area contributed by atoms with Gasteiger partial charge in [0.15, 0.2) is 0 Å². The lowest BCUT2D eigenvalue weighted by Crippen LogP contribution is -2.20. The van der Waals surface area contributed by atoms with Gasteiger partial charge in [0.2, 0.25) is 0 Å². The van der Waals surface area contributed by atoms with Gasteiger partial charge in [-0.05, 0) is 23.7 Å². The second-order valence-electron chi connectivity index (χ2n) is 5.21. The van der Waals surface area contributed by atoms with E-state index in [0.717, 1.165) is 11.8 Å². The second-order valence-corrected chi connectivity index (χ2v) is 5.21. The van der Waals surface area contributed by atoms with Crippen LogP contribution >= 0.6 is 0 Å². The van der Waals surface area contributed by atoms with Crippen LogP contribution < -0.4 is 0 Å². The van der Waals surface area contributed by atoms with Crippen molar-refractivity contribution in [3.63, 3.8) is 0 Å². The zero-order valence-electron chi connectivity index (χ0n) is 9.78. The summed E-state index contributed by atoms with van der Waals surface area (Å²) in [5.41, 5.74) is 0.537. The molecule has 0 heterocycles. The molecule has 0 aromatic carbocycles. The van der Waals surface area contributed by atoms with E-state index in [2.05, 4.69) is 41.5 Å². The van der Waals surface area contributed by atoms with Crippen LogP contribution in [0.5, 0.6) is 0 Å². The lowest BCUT2D eigenvalue weighted by molar-refractivity contribution is 0.200. The fourth-order valence-electron chi connectivity index (χ4n) is 1.32. The smallest absolute Gasteiger partial charge is 0.0331 e. The quantitative estimate of drug-likeness (QED) is 0.570. The number of hydrogen-bond acceptors (Lipinski definition) is 0. The maximum absolute atomic E-state index is 2.39. The van der Waals surface area contributed by atoms with Gasteiger partial charge >= 0.3 is 0 Å². The Bertz CT molecular complexity index is 111. The topological polar surface area (TPSA) is 0 Å². The zero-order valence-corrected chi connectivity index (χ0v) is 9.78.